The molecule has 0 spiro atoms. The molecule has 0 aromatic heterocycles. The average Bonchev–Trinajstić information content (AvgIpc) is 2.00. The summed E-state index contributed by atoms with van der Waals surface area (Å²) in [5.74, 6) is 0. The van der Waals surface area contributed by atoms with Crippen molar-refractivity contribution in [1.29, 1.82) is 5.26 Å². The predicted octanol–water partition coefficient (Wildman–Crippen LogP) is -2.43. The molecule has 0 bridgehead atoms. The van der Waals surface area contributed by atoms with Gasteiger partial charge in [-0.1, -0.05) is 0 Å². The van der Waals surface area contributed by atoms with E-state index in [0.717, 1.165) is 0 Å². The van der Waals surface area contributed by atoms with Gasteiger partial charge >= 0.3 is 29.6 Å². The topological polar surface area (TPSA) is 62.5 Å². The molecule has 0 aliphatic rings. The molecule has 0 aromatic rings. The summed E-state index contributed by atoms with van der Waals surface area (Å²) in [6, 6.07) is 1.71. The Morgan fingerprint density at radius 1 is 1.55 bits per heavy atom. The number of ether oxygens (including phenoxy) is 2. The number of aliphatic hydroxyl groups excluding tert-OH is 1. The third-order valence-electron chi connectivity index (χ3n) is 0.950. The van der Waals surface area contributed by atoms with Crippen molar-refractivity contribution in [2.24, 2.45) is 0 Å². The van der Waals surface area contributed by atoms with Crippen molar-refractivity contribution in [2.45, 2.75) is 6.29 Å². The maximum Gasteiger partial charge on any atom is 1.00 e. The number of hydrogen-bond donors (Lipinski definition) is 1. The first-order valence-electron chi connectivity index (χ1n) is 2.60. The minimum Gasteiger partial charge on any atom is -0.514 e. The van der Waals surface area contributed by atoms with Gasteiger partial charge in [0.25, 0.3) is 0 Å². The van der Waals surface area contributed by atoms with Gasteiger partial charge in [0.15, 0.2) is 6.29 Å². The largest absolute Gasteiger partial charge is 1.00 e. The number of nitriles is 1. The second-order valence-electron chi connectivity index (χ2n) is 1.50. The van der Waals surface area contributed by atoms with Crippen LogP contribution in [-0.2, 0) is 9.47 Å². The molecule has 56 valence electrons. The Balaban J connectivity index is 0. The van der Waals surface area contributed by atoms with Crippen LogP contribution in [0.25, 0.3) is 0 Å². The van der Waals surface area contributed by atoms with Crippen molar-refractivity contribution in [3.63, 3.8) is 0 Å². The molecule has 11 heavy (non-hydrogen) atoms. The summed E-state index contributed by atoms with van der Waals surface area (Å²) in [5, 5.41) is 16.7. The van der Waals surface area contributed by atoms with E-state index in [1.54, 1.807) is 6.07 Å². The van der Waals surface area contributed by atoms with Crippen molar-refractivity contribution in [3.8, 4) is 6.07 Å². The van der Waals surface area contributed by atoms with E-state index in [4.69, 9.17) is 10.4 Å². The third kappa shape index (κ3) is 4.40. The summed E-state index contributed by atoms with van der Waals surface area (Å²) in [5.41, 5.74) is 0.0463. The standard InChI is InChI=1S/C6H9NO3.Na/c1-9-6(10-2)5(3-7)4-8;/h4,6,8H,1-2H3;/q;+1/b5-4+;. The molecule has 0 heterocycles. The van der Waals surface area contributed by atoms with Crippen LogP contribution in [0.3, 0.4) is 0 Å². The Morgan fingerprint density at radius 2 is 2.00 bits per heavy atom. The first-order chi connectivity index (χ1) is 4.79. The summed E-state index contributed by atoms with van der Waals surface area (Å²) in [6.07, 6.45) is -0.104. The molecule has 0 saturated carbocycles. The minimum atomic E-state index is -0.769. The quantitative estimate of drug-likeness (QED) is 0.219. The minimum absolute atomic E-state index is 0. The van der Waals surface area contributed by atoms with Crippen molar-refractivity contribution in [3.05, 3.63) is 11.8 Å². The molecule has 0 fully saturated rings. The monoisotopic (exact) mass is 166 g/mol. The molecule has 1 N–H and O–H groups in total. The zero-order valence-corrected chi connectivity index (χ0v) is 8.87. The summed E-state index contributed by atoms with van der Waals surface area (Å²) in [6.45, 7) is 0. The molecule has 0 saturated heterocycles. The van der Waals surface area contributed by atoms with Crippen LogP contribution < -0.4 is 29.6 Å². The Morgan fingerprint density at radius 3 is 2.09 bits per heavy atom. The van der Waals surface area contributed by atoms with Gasteiger partial charge < -0.3 is 14.6 Å². The van der Waals surface area contributed by atoms with Gasteiger partial charge in [-0.3, -0.25) is 0 Å². The van der Waals surface area contributed by atoms with Gasteiger partial charge in [-0.25, -0.2) is 0 Å². The summed E-state index contributed by atoms with van der Waals surface area (Å²) in [4.78, 5) is 0. The van der Waals surface area contributed by atoms with Crippen LogP contribution in [-0.4, -0.2) is 25.6 Å². The molecule has 0 aromatic carbocycles. The van der Waals surface area contributed by atoms with Gasteiger partial charge in [-0.2, -0.15) is 5.26 Å². The third-order valence-corrected chi connectivity index (χ3v) is 0.950. The van der Waals surface area contributed by atoms with Crippen molar-refractivity contribution in [2.75, 3.05) is 14.2 Å². The molecule has 4 nitrogen and oxygen atoms in total. The molecule has 0 radical (unpaired) electrons. The predicted molar refractivity (Wildman–Crippen MR) is 34.1 cm³/mol. The Bertz CT molecular complexity index is 160. The van der Waals surface area contributed by atoms with E-state index in [1.165, 1.54) is 14.2 Å². The molecule has 0 atom stereocenters. The molecule has 0 amide bonds. The fourth-order valence-corrected chi connectivity index (χ4v) is 0.493. The van der Waals surface area contributed by atoms with Gasteiger partial charge in [0.1, 0.15) is 11.6 Å². The van der Waals surface area contributed by atoms with E-state index in [1.807, 2.05) is 0 Å². The number of aliphatic hydroxyl groups is 1. The summed E-state index contributed by atoms with van der Waals surface area (Å²) < 4.78 is 9.34. The maximum absolute atomic E-state index is 8.41. The second kappa shape index (κ2) is 8.05. The zero-order valence-electron chi connectivity index (χ0n) is 6.87. The van der Waals surface area contributed by atoms with Crippen LogP contribution in [0.2, 0.25) is 0 Å². The van der Waals surface area contributed by atoms with E-state index in [-0.39, 0.29) is 35.1 Å². The van der Waals surface area contributed by atoms with E-state index >= 15 is 0 Å². The zero-order chi connectivity index (χ0) is 7.98. The fraction of sp³-hybridized carbons (Fsp3) is 0.500. The molecule has 0 aliphatic carbocycles. The van der Waals surface area contributed by atoms with Gasteiger partial charge in [0.2, 0.25) is 0 Å². The van der Waals surface area contributed by atoms with Gasteiger partial charge in [0.05, 0.1) is 6.26 Å². The second-order valence-corrected chi connectivity index (χ2v) is 1.50. The molecular weight excluding hydrogens is 157 g/mol. The van der Waals surface area contributed by atoms with Crippen LogP contribution in [0.5, 0.6) is 0 Å². The first kappa shape index (κ1) is 13.5. The number of rotatable bonds is 3. The van der Waals surface area contributed by atoms with Crippen LogP contribution in [0.15, 0.2) is 11.8 Å². The van der Waals surface area contributed by atoms with Gasteiger partial charge in [-0.15, -0.1) is 0 Å². The number of nitrogens with zero attached hydrogens (tertiary/aromatic N) is 1. The average molecular weight is 166 g/mol. The van der Waals surface area contributed by atoms with Crippen LogP contribution >= 0.6 is 0 Å². The van der Waals surface area contributed by atoms with Gasteiger partial charge in [0, 0.05) is 14.2 Å². The van der Waals surface area contributed by atoms with Crippen molar-refractivity contribution < 1.29 is 44.1 Å². The Kier molecular flexibility index (Phi) is 9.90. The van der Waals surface area contributed by atoms with E-state index < -0.39 is 6.29 Å². The molecular formula is C6H9NNaO3+. The van der Waals surface area contributed by atoms with E-state index in [2.05, 4.69) is 9.47 Å². The smallest absolute Gasteiger partial charge is 0.514 e. The van der Waals surface area contributed by atoms with E-state index in [0.29, 0.717) is 6.26 Å². The Hall–Kier alpha value is -0.0500. The first-order valence-corrected chi connectivity index (χ1v) is 2.60. The SMILES string of the molecule is COC(OC)/C(C#N)=C/O.[Na+]. The summed E-state index contributed by atoms with van der Waals surface area (Å²) >= 11 is 0. The van der Waals surface area contributed by atoms with Crippen molar-refractivity contribution >= 4 is 0 Å². The molecule has 5 heteroatoms. The maximum atomic E-state index is 8.41. The molecule has 0 aliphatic heterocycles. The van der Waals surface area contributed by atoms with Crippen LogP contribution in [0.1, 0.15) is 0 Å². The number of hydrogen-bond acceptors (Lipinski definition) is 4. The molecule has 0 rings (SSSR count). The van der Waals surface area contributed by atoms with E-state index in [9.17, 15) is 0 Å². The molecule has 0 unspecified atom stereocenters. The fourth-order valence-electron chi connectivity index (χ4n) is 0.493. The normalized spacial score (nSPS) is 10.5. The number of methoxy groups -OCH3 is 2. The van der Waals surface area contributed by atoms with Gasteiger partial charge in [-0.05, 0) is 0 Å². The Labute approximate surface area is 87.7 Å². The summed E-state index contributed by atoms with van der Waals surface area (Å²) in [7, 11) is 2.77. The van der Waals surface area contributed by atoms with Crippen LogP contribution in [0.4, 0.5) is 0 Å². The van der Waals surface area contributed by atoms with Crippen LogP contribution in [0, 0.1) is 11.3 Å². The van der Waals surface area contributed by atoms with Crippen molar-refractivity contribution in [1.82, 2.24) is 0 Å².